The van der Waals surface area contributed by atoms with Crippen LogP contribution in [0.15, 0.2) is 18.2 Å². The highest BCUT2D eigenvalue weighted by Crippen LogP contribution is 2.24. The fourth-order valence-electron chi connectivity index (χ4n) is 2.45. The van der Waals surface area contributed by atoms with Crippen molar-refractivity contribution in [1.29, 1.82) is 0 Å². The van der Waals surface area contributed by atoms with Crippen molar-refractivity contribution in [2.45, 2.75) is 25.4 Å². The maximum atomic E-state index is 9.91. The first-order valence-corrected chi connectivity index (χ1v) is 6.47. The third kappa shape index (κ3) is 3.37. The Labute approximate surface area is 109 Å². The lowest BCUT2D eigenvalue weighted by Crippen LogP contribution is -2.34. The van der Waals surface area contributed by atoms with E-state index in [0.29, 0.717) is 17.5 Å². The number of likely N-dealkylation sites (N-methyl/N-ethyl adjacent to an activating group) is 1. The van der Waals surface area contributed by atoms with Crippen LogP contribution in [-0.2, 0) is 6.54 Å². The van der Waals surface area contributed by atoms with Crippen LogP contribution in [-0.4, -0.2) is 43.3 Å². The van der Waals surface area contributed by atoms with E-state index in [2.05, 4.69) is 17.3 Å². The molecular formula is C14H22N2O2. The van der Waals surface area contributed by atoms with E-state index in [9.17, 15) is 5.11 Å². The van der Waals surface area contributed by atoms with E-state index in [0.717, 1.165) is 25.2 Å². The Hall–Kier alpha value is -1.26. The van der Waals surface area contributed by atoms with E-state index in [-0.39, 0.29) is 0 Å². The maximum absolute atomic E-state index is 9.91. The molecule has 0 aromatic heterocycles. The summed E-state index contributed by atoms with van der Waals surface area (Å²) in [5.74, 6) is 0.997. The molecule has 1 aromatic rings. The molecule has 0 saturated carbocycles. The molecule has 4 heteroatoms. The zero-order valence-electron chi connectivity index (χ0n) is 11.1. The van der Waals surface area contributed by atoms with Gasteiger partial charge in [-0.05, 0) is 32.5 Å². The summed E-state index contributed by atoms with van der Waals surface area (Å²) in [7, 11) is 3.69. The van der Waals surface area contributed by atoms with Crippen molar-refractivity contribution in [3.05, 3.63) is 23.8 Å². The number of nitrogens with zero attached hydrogens (tertiary/aromatic N) is 1. The van der Waals surface area contributed by atoms with Gasteiger partial charge >= 0.3 is 0 Å². The van der Waals surface area contributed by atoms with Crippen molar-refractivity contribution in [3.63, 3.8) is 0 Å². The molecule has 0 spiro atoms. The van der Waals surface area contributed by atoms with E-state index >= 15 is 0 Å². The summed E-state index contributed by atoms with van der Waals surface area (Å²) in [6, 6.07) is 6.07. The molecular weight excluding hydrogens is 228 g/mol. The average molecular weight is 250 g/mol. The molecule has 1 unspecified atom stereocenters. The Morgan fingerprint density at radius 2 is 2.33 bits per heavy atom. The van der Waals surface area contributed by atoms with Gasteiger partial charge < -0.3 is 20.1 Å². The molecule has 4 nitrogen and oxygen atoms in total. The second-order valence-electron chi connectivity index (χ2n) is 4.98. The molecule has 1 heterocycles. The number of benzene rings is 1. The molecule has 100 valence electrons. The van der Waals surface area contributed by atoms with Crippen LogP contribution in [0.1, 0.15) is 18.4 Å². The van der Waals surface area contributed by atoms with Gasteiger partial charge in [-0.2, -0.15) is 0 Å². The molecule has 1 saturated heterocycles. The van der Waals surface area contributed by atoms with Gasteiger partial charge in [-0.3, -0.25) is 0 Å². The van der Waals surface area contributed by atoms with Gasteiger partial charge in [-0.25, -0.2) is 0 Å². The molecule has 1 aliphatic heterocycles. The van der Waals surface area contributed by atoms with Gasteiger partial charge in [0.25, 0.3) is 0 Å². The van der Waals surface area contributed by atoms with Crippen LogP contribution in [0.3, 0.4) is 0 Å². The monoisotopic (exact) mass is 250 g/mol. The Kier molecular flexibility index (Phi) is 4.44. The van der Waals surface area contributed by atoms with Gasteiger partial charge in [0.05, 0.1) is 7.11 Å². The van der Waals surface area contributed by atoms with Crippen LogP contribution in [0.2, 0.25) is 0 Å². The summed E-state index contributed by atoms with van der Waals surface area (Å²) >= 11 is 0. The number of methoxy groups -OCH3 is 1. The van der Waals surface area contributed by atoms with E-state index in [1.165, 1.54) is 12.8 Å². The Bertz CT molecular complexity index is 389. The van der Waals surface area contributed by atoms with Gasteiger partial charge in [0.15, 0.2) is 0 Å². The number of hydrogen-bond acceptors (Lipinski definition) is 4. The van der Waals surface area contributed by atoms with Gasteiger partial charge in [0.2, 0.25) is 0 Å². The summed E-state index contributed by atoms with van der Waals surface area (Å²) in [5.41, 5.74) is 0.941. The third-order valence-corrected chi connectivity index (χ3v) is 3.43. The number of ether oxygens (including phenoxy) is 1. The molecule has 1 aliphatic rings. The topological polar surface area (TPSA) is 44.7 Å². The minimum atomic E-state index is 0.306. The molecule has 1 aromatic carbocycles. The quantitative estimate of drug-likeness (QED) is 0.833. The van der Waals surface area contributed by atoms with E-state index in [1.807, 2.05) is 12.1 Å². The maximum Gasteiger partial charge on any atom is 0.123 e. The number of phenols is 1. The van der Waals surface area contributed by atoms with Gasteiger partial charge in [0, 0.05) is 30.8 Å². The lowest BCUT2D eigenvalue weighted by atomic mass is 10.1. The zero-order valence-corrected chi connectivity index (χ0v) is 11.1. The van der Waals surface area contributed by atoms with Crippen LogP contribution < -0.4 is 10.1 Å². The lowest BCUT2D eigenvalue weighted by molar-refractivity contribution is 0.288. The summed E-state index contributed by atoms with van der Waals surface area (Å²) in [6.45, 7) is 2.91. The highest BCUT2D eigenvalue weighted by atomic mass is 16.5. The Balaban J connectivity index is 1.91. The van der Waals surface area contributed by atoms with Crippen molar-refractivity contribution in [2.24, 2.45) is 0 Å². The first-order valence-electron chi connectivity index (χ1n) is 6.47. The van der Waals surface area contributed by atoms with Gasteiger partial charge in [-0.1, -0.05) is 6.07 Å². The molecule has 2 rings (SSSR count). The molecule has 1 atom stereocenters. The third-order valence-electron chi connectivity index (χ3n) is 3.43. The molecule has 0 bridgehead atoms. The predicted molar refractivity (Wildman–Crippen MR) is 72.0 cm³/mol. The smallest absolute Gasteiger partial charge is 0.123 e. The standard InChI is InChI=1S/C14H22N2O2/c1-16(10-12-4-3-7-15-12)9-11-5-6-13(18-2)8-14(11)17/h5-6,8,12,15,17H,3-4,7,9-10H2,1-2H3. The summed E-state index contributed by atoms with van der Waals surface area (Å²) in [5, 5.41) is 13.4. The Morgan fingerprint density at radius 3 is 2.94 bits per heavy atom. The second-order valence-corrected chi connectivity index (χ2v) is 4.98. The second kappa shape index (κ2) is 6.07. The molecule has 2 N–H and O–H groups in total. The summed E-state index contributed by atoms with van der Waals surface area (Å²) in [4.78, 5) is 2.24. The number of hydrogen-bond donors (Lipinski definition) is 2. The minimum Gasteiger partial charge on any atom is -0.507 e. The van der Waals surface area contributed by atoms with Crippen molar-refractivity contribution >= 4 is 0 Å². The van der Waals surface area contributed by atoms with Crippen LogP contribution in [0, 0.1) is 0 Å². The molecule has 0 radical (unpaired) electrons. The van der Waals surface area contributed by atoms with Crippen molar-refractivity contribution in [3.8, 4) is 11.5 Å². The SMILES string of the molecule is COc1ccc(CN(C)CC2CCCN2)c(O)c1. The zero-order chi connectivity index (χ0) is 13.0. The van der Waals surface area contributed by atoms with Gasteiger partial charge in [0.1, 0.15) is 11.5 Å². The number of nitrogens with one attached hydrogen (secondary N) is 1. The summed E-state index contributed by atoms with van der Waals surface area (Å²) < 4.78 is 5.08. The Morgan fingerprint density at radius 1 is 1.50 bits per heavy atom. The average Bonchev–Trinajstić information content (AvgIpc) is 2.84. The highest BCUT2D eigenvalue weighted by Gasteiger charge is 2.16. The molecule has 1 fully saturated rings. The highest BCUT2D eigenvalue weighted by molar-refractivity contribution is 5.39. The fraction of sp³-hybridized carbons (Fsp3) is 0.571. The van der Waals surface area contributed by atoms with E-state index in [1.54, 1.807) is 13.2 Å². The number of phenolic OH excluding ortho intramolecular Hbond substituents is 1. The lowest BCUT2D eigenvalue weighted by Gasteiger charge is -2.21. The largest absolute Gasteiger partial charge is 0.507 e. The van der Waals surface area contributed by atoms with Crippen molar-refractivity contribution in [2.75, 3.05) is 27.2 Å². The molecule has 0 amide bonds. The van der Waals surface area contributed by atoms with Crippen LogP contribution in [0.25, 0.3) is 0 Å². The van der Waals surface area contributed by atoms with Crippen LogP contribution in [0.4, 0.5) is 0 Å². The first kappa shape index (κ1) is 13.2. The molecule has 18 heavy (non-hydrogen) atoms. The van der Waals surface area contributed by atoms with E-state index in [4.69, 9.17) is 4.74 Å². The number of rotatable bonds is 5. The van der Waals surface area contributed by atoms with Crippen LogP contribution >= 0.6 is 0 Å². The minimum absolute atomic E-state index is 0.306. The van der Waals surface area contributed by atoms with Gasteiger partial charge in [-0.15, -0.1) is 0 Å². The fourth-order valence-corrected chi connectivity index (χ4v) is 2.45. The first-order chi connectivity index (χ1) is 8.69. The van der Waals surface area contributed by atoms with Crippen molar-refractivity contribution in [1.82, 2.24) is 10.2 Å². The van der Waals surface area contributed by atoms with E-state index < -0.39 is 0 Å². The molecule has 0 aliphatic carbocycles. The van der Waals surface area contributed by atoms with Crippen molar-refractivity contribution < 1.29 is 9.84 Å². The number of aromatic hydroxyl groups is 1. The summed E-state index contributed by atoms with van der Waals surface area (Å²) in [6.07, 6.45) is 2.52. The predicted octanol–water partition coefficient (Wildman–Crippen LogP) is 1.58. The normalized spacial score (nSPS) is 19.4. The van der Waals surface area contributed by atoms with Crippen LogP contribution in [0.5, 0.6) is 11.5 Å².